The van der Waals surface area contributed by atoms with Crippen LogP contribution in [0.1, 0.15) is 41.5 Å². The first kappa shape index (κ1) is 33.1. The number of nitrogens with zero attached hydrogens (tertiary/aromatic N) is 5. The Bertz CT molecular complexity index is 4080. The molecule has 3 aliphatic heterocycles. The van der Waals surface area contributed by atoms with E-state index in [1.807, 2.05) is 77.6 Å². The molecule has 0 saturated heterocycles. The number of aryl methyl sites for hydroxylation is 1. The SMILES string of the molecule is [2H]c1c([2H])c([2H])c2c(c1[2H])-c1cccc3c1B1N(c4ccccc4N12)c1nc(Oc2cc(-n4[c](=[Pt])n(-c5c(-c6ccccc6)cccc5-c5ccc(C(C)(C)C)cc5)c5ccccc54)ccc2C([2H])([2H])[2H])ccc1-3. The second-order valence-electron chi connectivity index (χ2n) is 18.2. The molecule has 10 aromatic rings. The maximum absolute atomic E-state index is 9.22. The van der Waals surface area contributed by atoms with E-state index >= 15 is 0 Å². The number of fused-ring (bicyclic) bond motifs is 10. The molecule has 0 radical (unpaired) electrons. The fourth-order valence-electron chi connectivity index (χ4n) is 10.3. The van der Waals surface area contributed by atoms with Gasteiger partial charge in [-0.25, -0.2) is 0 Å². The number of rotatable bonds is 6. The van der Waals surface area contributed by atoms with Crippen LogP contribution in [0.5, 0.6) is 11.6 Å². The summed E-state index contributed by atoms with van der Waals surface area (Å²) in [6.07, 6.45) is 0. The van der Waals surface area contributed by atoms with Crippen LogP contribution in [0.3, 0.4) is 0 Å². The molecule has 0 bridgehead atoms. The number of anilines is 4. The molecule has 324 valence electrons. The molecular weight excluding hydrogens is 1000 g/mol. The number of ether oxygens (including phenoxy) is 1. The van der Waals surface area contributed by atoms with Gasteiger partial charge in [0.15, 0.2) is 0 Å². The number of aromatic nitrogens is 3. The van der Waals surface area contributed by atoms with E-state index < -0.39 is 13.8 Å². The first-order valence-electron chi connectivity index (χ1n) is 25.8. The molecule has 0 amide bonds. The van der Waals surface area contributed by atoms with Crippen LogP contribution in [0, 0.1) is 10.7 Å². The zero-order chi connectivity index (χ0) is 51.1. The number of benzene rings is 8. The Hall–Kier alpha value is -7.47. The number of hydrogen-bond acceptors (Lipinski definition) is 4. The minimum absolute atomic E-state index is 0.00980. The second-order valence-corrected chi connectivity index (χ2v) is 19.2. The average molecular weight is 1050 g/mol. The van der Waals surface area contributed by atoms with Gasteiger partial charge < -0.3 is 0 Å². The molecule has 6 nitrogen and oxygen atoms in total. The summed E-state index contributed by atoms with van der Waals surface area (Å²) in [4.78, 5) is 9.33. The molecule has 0 atom stereocenters. The van der Waals surface area contributed by atoms with Gasteiger partial charge in [-0.05, 0) is 17.7 Å². The van der Waals surface area contributed by atoms with Gasteiger partial charge in [-0.1, -0.05) is 42.4 Å². The minimum atomic E-state index is -2.54. The van der Waals surface area contributed by atoms with Crippen molar-refractivity contribution >= 4 is 46.4 Å². The van der Waals surface area contributed by atoms with Crippen molar-refractivity contribution in [3.05, 3.63) is 209 Å². The van der Waals surface area contributed by atoms with Gasteiger partial charge in [-0.15, -0.1) is 0 Å². The molecule has 0 unspecified atom stereocenters. The Kier molecular flexibility index (Phi) is 7.42. The summed E-state index contributed by atoms with van der Waals surface area (Å²) in [6, 6.07) is 55.8. The number of pyridine rings is 1. The van der Waals surface area contributed by atoms with Crippen molar-refractivity contribution in [3.63, 3.8) is 0 Å². The standard InChI is InChI=1S/C59H44BN5O.Pt/c1-38-28-33-42(62-37-63(51-25-11-10-24-50(51)62)57-43(39-16-6-5-7-17-39)19-14-20-44(57)40-29-31-41(32-30-40)59(2,3)4)36-54(38)66-55-35-34-48-47-22-15-21-46-45-18-8-9-23-49(45)64-52-26-12-13-27-53(52)65(58(48)61-55)60(64)56(46)47;/h5-36H,1-4H3;/i1D3,8D,9D,18D,23D;. The van der Waals surface area contributed by atoms with E-state index in [2.05, 4.69) is 133 Å². The molecule has 67 heavy (non-hydrogen) atoms. The van der Waals surface area contributed by atoms with Gasteiger partial charge in [0.05, 0.1) is 5.48 Å². The summed E-state index contributed by atoms with van der Waals surface area (Å²) in [5, 5.41) is 0. The average Bonchev–Trinajstić information content (AvgIpc) is 3.90. The summed E-state index contributed by atoms with van der Waals surface area (Å²) >= 11 is 2.39. The van der Waals surface area contributed by atoms with E-state index in [-0.39, 0.29) is 46.8 Å². The van der Waals surface area contributed by atoms with Gasteiger partial charge in [0.2, 0.25) is 0 Å². The van der Waals surface area contributed by atoms with Crippen molar-refractivity contribution in [2.45, 2.75) is 33.0 Å². The predicted octanol–water partition coefficient (Wildman–Crippen LogP) is 14.3. The van der Waals surface area contributed by atoms with Crippen LogP contribution in [-0.2, 0) is 24.8 Å². The van der Waals surface area contributed by atoms with E-state index in [0.717, 1.165) is 76.3 Å². The number of para-hydroxylation sites is 6. The summed E-state index contributed by atoms with van der Waals surface area (Å²) in [5.41, 5.74) is 14.8. The second kappa shape index (κ2) is 15.0. The zero-order valence-electron chi connectivity index (χ0n) is 43.7. The van der Waals surface area contributed by atoms with Crippen LogP contribution in [0.25, 0.3) is 66.9 Å². The van der Waals surface area contributed by atoms with Crippen LogP contribution >= 0.6 is 0 Å². The third kappa shape index (κ3) is 6.07. The van der Waals surface area contributed by atoms with Gasteiger partial charge >= 0.3 is 336 Å². The van der Waals surface area contributed by atoms with Crippen molar-refractivity contribution in [1.82, 2.24) is 14.1 Å². The van der Waals surface area contributed by atoms with Crippen LogP contribution in [-0.4, -0.2) is 21.1 Å². The monoisotopic (exact) mass is 1050 g/mol. The molecule has 0 fully saturated rings. The third-order valence-electron chi connectivity index (χ3n) is 13.3. The molecule has 0 spiro atoms. The third-order valence-corrected chi connectivity index (χ3v) is 14.4. The van der Waals surface area contributed by atoms with Gasteiger partial charge in [-0.2, -0.15) is 0 Å². The van der Waals surface area contributed by atoms with Gasteiger partial charge in [0, 0.05) is 11.3 Å². The van der Waals surface area contributed by atoms with Gasteiger partial charge in [0.1, 0.15) is 0 Å². The molecule has 0 saturated carbocycles. The molecule has 5 heterocycles. The quantitative estimate of drug-likeness (QED) is 0.156. The Morgan fingerprint density at radius 3 is 1.96 bits per heavy atom. The first-order valence-corrected chi connectivity index (χ1v) is 23.5. The molecule has 0 N–H and O–H groups in total. The summed E-state index contributed by atoms with van der Waals surface area (Å²) in [6.45, 7) is 3.59. The fraction of sp³-hybridized carbons (Fsp3) is 0.0847. The molecule has 8 heteroatoms. The van der Waals surface area contributed by atoms with E-state index in [1.165, 1.54) is 5.56 Å². The van der Waals surface area contributed by atoms with Crippen molar-refractivity contribution in [2.24, 2.45) is 0 Å². The zero-order valence-corrected chi connectivity index (χ0v) is 39.0. The first-order chi connectivity index (χ1) is 35.6. The Labute approximate surface area is 411 Å². The Balaban J connectivity index is 0.974. The molecule has 13 rings (SSSR count). The van der Waals surface area contributed by atoms with Crippen LogP contribution in [0.2, 0.25) is 0 Å². The molecule has 2 aromatic heterocycles. The topological polar surface area (TPSA) is 38.5 Å². The predicted molar refractivity (Wildman–Crippen MR) is 271 cm³/mol. The van der Waals surface area contributed by atoms with Crippen molar-refractivity contribution in [1.29, 1.82) is 0 Å². The normalized spacial score (nSPS) is 14.8. The van der Waals surface area contributed by atoms with Crippen LogP contribution < -0.4 is 19.8 Å². The molecule has 8 aromatic carbocycles. The maximum atomic E-state index is 9.22. The van der Waals surface area contributed by atoms with E-state index in [4.69, 9.17) is 17.9 Å². The van der Waals surface area contributed by atoms with E-state index in [0.29, 0.717) is 22.8 Å². The Morgan fingerprint density at radius 1 is 0.582 bits per heavy atom. The molecular formula is C59H44BN5OPt. The summed E-state index contributed by atoms with van der Waals surface area (Å²) in [7, 11) is 0. The van der Waals surface area contributed by atoms with Crippen molar-refractivity contribution < 1.29 is 33.7 Å². The van der Waals surface area contributed by atoms with Gasteiger partial charge in [0.25, 0.3) is 0 Å². The number of imidazole rings is 1. The fourth-order valence-corrected chi connectivity index (χ4v) is 11.4. The van der Waals surface area contributed by atoms with Crippen molar-refractivity contribution in [3.8, 4) is 67.5 Å². The molecule has 3 aliphatic rings. The van der Waals surface area contributed by atoms with Gasteiger partial charge in [-0.3, -0.25) is 0 Å². The van der Waals surface area contributed by atoms with Crippen LogP contribution in [0.4, 0.5) is 22.9 Å². The van der Waals surface area contributed by atoms with Crippen LogP contribution in [0.15, 0.2) is 194 Å². The summed E-state index contributed by atoms with van der Waals surface area (Å²) in [5.74, 6) is 0.876. The van der Waals surface area contributed by atoms with E-state index in [9.17, 15) is 1.37 Å². The van der Waals surface area contributed by atoms with Crippen molar-refractivity contribution in [2.75, 3.05) is 9.62 Å². The summed E-state index contributed by atoms with van der Waals surface area (Å²) < 4.78 is 74.0. The molecule has 0 aliphatic carbocycles. The Morgan fingerprint density at radius 2 is 1.22 bits per heavy atom. The number of hydrogen-bond donors (Lipinski definition) is 0. The van der Waals surface area contributed by atoms with E-state index in [1.54, 1.807) is 18.2 Å².